The zero-order valence-electron chi connectivity index (χ0n) is 9.54. The van der Waals surface area contributed by atoms with Crippen molar-refractivity contribution in [1.82, 2.24) is 10.2 Å². The molecule has 2 rings (SSSR count). The summed E-state index contributed by atoms with van der Waals surface area (Å²) in [6, 6.07) is 7.79. The molecule has 1 aromatic carbocycles. The van der Waals surface area contributed by atoms with E-state index in [0.29, 0.717) is 11.3 Å². The van der Waals surface area contributed by atoms with Crippen molar-refractivity contribution in [2.45, 2.75) is 4.90 Å². The fourth-order valence-corrected chi connectivity index (χ4v) is 2.15. The number of aromatic nitrogens is 2. The van der Waals surface area contributed by atoms with Gasteiger partial charge in [0.2, 0.25) is 0 Å². The molecule has 0 aliphatic rings. The van der Waals surface area contributed by atoms with E-state index in [1.165, 1.54) is 18.2 Å². The van der Waals surface area contributed by atoms with E-state index < -0.39 is 15.7 Å². The van der Waals surface area contributed by atoms with E-state index in [0.717, 1.165) is 6.26 Å². The molecule has 0 bridgehead atoms. The van der Waals surface area contributed by atoms with Crippen LogP contribution in [0, 0.1) is 0 Å². The van der Waals surface area contributed by atoms with Gasteiger partial charge in [-0.3, -0.25) is 9.89 Å². The third-order valence-corrected chi connectivity index (χ3v) is 3.51. The highest BCUT2D eigenvalue weighted by Crippen LogP contribution is 2.21. The number of benzene rings is 1. The fraction of sp³-hybridized carbons (Fsp3) is 0.0909. The van der Waals surface area contributed by atoms with Crippen LogP contribution in [-0.4, -0.2) is 30.8 Å². The summed E-state index contributed by atoms with van der Waals surface area (Å²) in [7, 11) is -3.27. The molecule has 0 saturated heterocycles. The van der Waals surface area contributed by atoms with Crippen molar-refractivity contribution >= 4 is 15.7 Å². The maximum atomic E-state index is 11.4. The van der Waals surface area contributed by atoms with Gasteiger partial charge in [0, 0.05) is 11.8 Å². The molecule has 1 heterocycles. The van der Waals surface area contributed by atoms with Crippen molar-refractivity contribution in [3.05, 3.63) is 36.0 Å². The predicted molar refractivity (Wildman–Crippen MR) is 65.7 cm³/mol. The van der Waals surface area contributed by atoms with E-state index in [1.807, 2.05) is 0 Å². The molecule has 0 atom stereocenters. The Balaban J connectivity index is 2.48. The molecule has 94 valence electrons. The number of aromatic amines is 1. The number of amides is 1. The van der Waals surface area contributed by atoms with Crippen LogP contribution in [0.3, 0.4) is 0 Å². The number of hydrogen-bond donors (Lipinski definition) is 2. The van der Waals surface area contributed by atoms with Crippen LogP contribution < -0.4 is 5.73 Å². The first-order valence-corrected chi connectivity index (χ1v) is 6.93. The van der Waals surface area contributed by atoms with Gasteiger partial charge in [-0.05, 0) is 18.2 Å². The monoisotopic (exact) mass is 265 g/mol. The highest BCUT2D eigenvalue weighted by atomic mass is 32.2. The first-order valence-electron chi connectivity index (χ1n) is 5.03. The van der Waals surface area contributed by atoms with Crippen LogP contribution in [0.1, 0.15) is 10.5 Å². The molecular weight excluding hydrogens is 254 g/mol. The Morgan fingerprint density at radius 2 is 2.06 bits per heavy atom. The highest BCUT2D eigenvalue weighted by molar-refractivity contribution is 7.90. The minimum absolute atomic E-state index is 0.176. The summed E-state index contributed by atoms with van der Waals surface area (Å²) in [5, 5.41) is 6.40. The molecule has 0 aliphatic heterocycles. The summed E-state index contributed by atoms with van der Waals surface area (Å²) >= 11 is 0. The number of carbonyl (C=O) groups excluding carboxylic acids is 1. The second kappa shape index (κ2) is 4.26. The zero-order chi connectivity index (χ0) is 13.3. The largest absolute Gasteiger partial charge is 0.364 e. The average molecular weight is 265 g/mol. The number of sulfone groups is 1. The van der Waals surface area contributed by atoms with Crippen LogP contribution in [0.5, 0.6) is 0 Å². The molecule has 3 N–H and O–H groups in total. The van der Waals surface area contributed by atoms with Gasteiger partial charge in [-0.15, -0.1) is 0 Å². The van der Waals surface area contributed by atoms with E-state index >= 15 is 0 Å². The number of primary amides is 1. The standard InChI is InChI=1S/C11H11N3O3S/c1-18(16,17)8-4-2-3-7(5-8)9-6-10(11(12)15)14-13-9/h2-6H,1H3,(H2,12,15)(H,13,14). The van der Waals surface area contributed by atoms with Gasteiger partial charge in [0.25, 0.3) is 5.91 Å². The van der Waals surface area contributed by atoms with E-state index in [4.69, 9.17) is 5.73 Å². The van der Waals surface area contributed by atoms with Crippen molar-refractivity contribution < 1.29 is 13.2 Å². The summed E-state index contributed by atoms with van der Waals surface area (Å²) in [6.45, 7) is 0. The molecule has 1 aromatic heterocycles. The van der Waals surface area contributed by atoms with Gasteiger partial charge in [-0.2, -0.15) is 5.10 Å². The summed E-state index contributed by atoms with van der Waals surface area (Å²) in [5.74, 6) is -0.618. The first kappa shape index (κ1) is 12.3. The van der Waals surface area contributed by atoms with Crippen molar-refractivity contribution in [1.29, 1.82) is 0 Å². The Morgan fingerprint density at radius 1 is 1.33 bits per heavy atom. The van der Waals surface area contributed by atoms with Gasteiger partial charge in [0.05, 0.1) is 10.6 Å². The van der Waals surface area contributed by atoms with Gasteiger partial charge in [0.1, 0.15) is 5.69 Å². The van der Waals surface area contributed by atoms with Crippen molar-refractivity contribution in [2.75, 3.05) is 6.26 Å². The van der Waals surface area contributed by atoms with Crippen molar-refractivity contribution in [3.63, 3.8) is 0 Å². The third kappa shape index (κ3) is 2.40. The molecule has 0 unspecified atom stereocenters. The first-order chi connectivity index (χ1) is 8.38. The van der Waals surface area contributed by atoms with Crippen LogP contribution >= 0.6 is 0 Å². The number of H-pyrrole nitrogens is 1. The third-order valence-electron chi connectivity index (χ3n) is 2.40. The quantitative estimate of drug-likeness (QED) is 0.846. The molecule has 0 fully saturated rings. The normalized spacial score (nSPS) is 11.4. The van der Waals surface area contributed by atoms with Gasteiger partial charge < -0.3 is 5.73 Å². The summed E-state index contributed by atoms with van der Waals surface area (Å²) in [6.07, 6.45) is 1.13. The van der Waals surface area contributed by atoms with Crippen LogP contribution in [0.4, 0.5) is 0 Å². The van der Waals surface area contributed by atoms with E-state index in [-0.39, 0.29) is 10.6 Å². The molecule has 0 aliphatic carbocycles. The second-order valence-electron chi connectivity index (χ2n) is 3.83. The molecule has 7 heteroatoms. The zero-order valence-corrected chi connectivity index (χ0v) is 10.4. The second-order valence-corrected chi connectivity index (χ2v) is 5.85. The van der Waals surface area contributed by atoms with Gasteiger partial charge in [-0.1, -0.05) is 12.1 Å². The summed E-state index contributed by atoms with van der Waals surface area (Å²) < 4.78 is 22.9. The number of nitrogens with zero attached hydrogens (tertiary/aromatic N) is 1. The number of nitrogens with one attached hydrogen (secondary N) is 1. The average Bonchev–Trinajstić information content (AvgIpc) is 2.77. The van der Waals surface area contributed by atoms with Gasteiger partial charge in [0.15, 0.2) is 9.84 Å². The van der Waals surface area contributed by atoms with Crippen LogP contribution in [-0.2, 0) is 9.84 Å². The lowest BCUT2D eigenvalue weighted by Gasteiger charge is -2.00. The molecule has 6 nitrogen and oxygen atoms in total. The maximum absolute atomic E-state index is 11.4. The van der Waals surface area contributed by atoms with Gasteiger partial charge >= 0.3 is 0 Å². The summed E-state index contributed by atoms with van der Waals surface area (Å²) in [5.41, 5.74) is 6.34. The molecule has 0 radical (unpaired) electrons. The minimum atomic E-state index is -3.27. The number of carbonyl (C=O) groups is 1. The minimum Gasteiger partial charge on any atom is -0.364 e. The molecule has 2 aromatic rings. The topological polar surface area (TPSA) is 106 Å². The van der Waals surface area contributed by atoms with Crippen LogP contribution in [0.25, 0.3) is 11.3 Å². The Morgan fingerprint density at radius 3 is 2.61 bits per heavy atom. The Bertz CT molecular complexity index is 704. The van der Waals surface area contributed by atoms with E-state index in [1.54, 1.807) is 12.1 Å². The van der Waals surface area contributed by atoms with E-state index in [9.17, 15) is 13.2 Å². The lowest BCUT2D eigenvalue weighted by Crippen LogP contribution is -2.10. The highest BCUT2D eigenvalue weighted by Gasteiger charge is 2.11. The molecule has 0 saturated carbocycles. The SMILES string of the molecule is CS(=O)(=O)c1cccc(-c2cc(C(N)=O)[nH]n2)c1. The van der Waals surface area contributed by atoms with E-state index in [2.05, 4.69) is 10.2 Å². The Kier molecular flexibility index (Phi) is 2.92. The lowest BCUT2D eigenvalue weighted by molar-refractivity contribution is 0.0995. The fourth-order valence-electron chi connectivity index (χ4n) is 1.48. The van der Waals surface area contributed by atoms with Gasteiger partial charge in [-0.25, -0.2) is 8.42 Å². The van der Waals surface area contributed by atoms with Crippen molar-refractivity contribution in [3.8, 4) is 11.3 Å². The molecule has 0 spiro atoms. The summed E-state index contributed by atoms with van der Waals surface area (Å²) in [4.78, 5) is 11.1. The van der Waals surface area contributed by atoms with Crippen LogP contribution in [0.2, 0.25) is 0 Å². The molecular formula is C11H11N3O3S. The Hall–Kier alpha value is -2.15. The maximum Gasteiger partial charge on any atom is 0.266 e. The smallest absolute Gasteiger partial charge is 0.266 e. The Labute approximate surface area is 104 Å². The predicted octanol–water partition coefficient (Wildman–Crippen LogP) is 0.579. The number of hydrogen-bond acceptors (Lipinski definition) is 4. The number of nitrogens with two attached hydrogens (primary N) is 1. The van der Waals surface area contributed by atoms with Crippen LogP contribution in [0.15, 0.2) is 35.2 Å². The lowest BCUT2D eigenvalue weighted by atomic mass is 10.1. The van der Waals surface area contributed by atoms with Crippen molar-refractivity contribution in [2.24, 2.45) is 5.73 Å². The molecule has 1 amide bonds. The number of rotatable bonds is 3. The molecule has 18 heavy (non-hydrogen) atoms.